The molecule has 13 heavy (non-hydrogen) atoms. The van der Waals surface area contributed by atoms with Gasteiger partial charge in [-0.05, 0) is 20.3 Å². The molecule has 3 heteroatoms. The van der Waals surface area contributed by atoms with Crippen LogP contribution < -0.4 is 0 Å². The highest BCUT2D eigenvalue weighted by Crippen LogP contribution is 2.27. The van der Waals surface area contributed by atoms with Crippen molar-refractivity contribution in [1.82, 2.24) is 4.98 Å². The maximum absolute atomic E-state index is 8.99. The molecule has 0 aliphatic heterocycles. The lowest BCUT2D eigenvalue weighted by Crippen LogP contribution is -2.14. The Balaban J connectivity index is 2.74. The third-order valence-corrected chi connectivity index (χ3v) is 3.20. The number of aryl methyl sites for hydroxylation is 1. The molecule has 0 aliphatic rings. The number of nitrogens with zero attached hydrogens (tertiary/aromatic N) is 2. The number of hydrogen-bond acceptors (Lipinski definition) is 3. The first kappa shape index (κ1) is 10.2. The van der Waals surface area contributed by atoms with Crippen LogP contribution in [-0.4, -0.2) is 4.98 Å². The molecule has 0 spiro atoms. The average Bonchev–Trinajstić information content (AvgIpc) is 2.51. The van der Waals surface area contributed by atoms with E-state index in [-0.39, 0.29) is 5.41 Å². The molecule has 1 unspecified atom stereocenters. The van der Waals surface area contributed by atoms with Gasteiger partial charge in [-0.2, -0.15) is 5.26 Å². The normalized spacial score (nSPS) is 14.9. The van der Waals surface area contributed by atoms with Gasteiger partial charge in [0.05, 0.1) is 16.5 Å². The molecule has 1 aromatic heterocycles. The van der Waals surface area contributed by atoms with Crippen LogP contribution in [0.1, 0.15) is 30.2 Å². The van der Waals surface area contributed by atoms with E-state index in [0.29, 0.717) is 0 Å². The van der Waals surface area contributed by atoms with Crippen molar-refractivity contribution in [2.45, 2.75) is 33.6 Å². The minimum Gasteiger partial charge on any atom is -0.250 e. The third kappa shape index (κ3) is 2.53. The molecular weight excluding hydrogens is 180 g/mol. The molecular formula is C10H14N2S. The van der Waals surface area contributed by atoms with Crippen molar-refractivity contribution in [3.63, 3.8) is 0 Å². The Bertz CT molecular complexity index is 324. The van der Waals surface area contributed by atoms with Crippen molar-refractivity contribution >= 4 is 11.3 Å². The smallest absolute Gasteiger partial charge is 0.0896 e. The van der Waals surface area contributed by atoms with Crippen LogP contribution in [0.2, 0.25) is 0 Å². The van der Waals surface area contributed by atoms with Gasteiger partial charge in [0, 0.05) is 17.5 Å². The van der Waals surface area contributed by atoms with E-state index in [1.807, 2.05) is 20.0 Å². The fraction of sp³-hybridized carbons (Fsp3) is 0.600. The minimum absolute atomic E-state index is 0.223. The molecule has 0 saturated carbocycles. The van der Waals surface area contributed by atoms with Crippen molar-refractivity contribution in [2.75, 3.05) is 0 Å². The SMILES string of the molecule is CCC(C)(C#N)Cc1cnc(C)s1. The van der Waals surface area contributed by atoms with Gasteiger partial charge in [0.2, 0.25) is 0 Å². The standard InChI is InChI=1S/C10H14N2S/c1-4-10(3,7-11)5-9-6-12-8(2)13-9/h6H,4-5H2,1-3H3. The molecule has 0 aliphatic carbocycles. The topological polar surface area (TPSA) is 36.7 Å². The van der Waals surface area contributed by atoms with E-state index in [2.05, 4.69) is 18.0 Å². The van der Waals surface area contributed by atoms with Gasteiger partial charge < -0.3 is 0 Å². The summed E-state index contributed by atoms with van der Waals surface area (Å²) in [5.74, 6) is 0. The minimum atomic E-state index is -0.223. The Hall–Kier alpha value is -0.880. The largest absolute Gasteiger partial charge is 0.250 e. The highest BCUT2D eigenvalue weighted by molar-refractivity contribution is 7.11. The molecule has 2 nitrogen and oxygen atoms in total. The first-order chi connectivity index (χ1) is 6.09. The molecule has 0 amide bonds. The first-order valence-corrected chi connectivity index (χ1v) is 5.24. The highest BCUT2D eigenvalue weighted by Gasteiger charge is 2.22. The summed E-state index contributed by atoms with van der Waals surface area (Å²) in [7, 11) is 0. The van der Waals surface area contributed by atoms with Gasteiger partial charge in [0.25, 0.3) is 0 Å². The lowest BCUT2D eigenvalue weighted by atomic mass is 9.85. The summed E-state index contributed by atoms with van der Waals surface area (Å²) < 4.78 is 0. The number of thiazole rings is 1. The average molecular weight is 194 g/mol. The van der Waals surface area contributed by atoms with E-state index in [0.717, 1.165) is 17.8 Å². The van der Waals surface area contributed by atoms with Crippen molar-refractivity contribution in [1.29, 1.82) is 5.26 Å². The Labute approximate surface area is 83.2 Å². The highest BCUT2D eigenvalue weighted by atomic mass is 32.1. The summed E-state index contributed by atoms with van der Waals surface area (Å²) >= 11 is 1.68. The van der Waals surface area contributed by atoms with E-state index in [1.54, 1.807) is 11.3 Å². The zero-order valence-corrected chi connectivity index (χ0v) is 9.11. The van der Waals surface area contributed by atoms with Crippen molar-refractivity contribution in [3.05, 3.63) is 16.1 Å². The number of hydrogen-bond donors (Lipinski definition) is 0. The number of rotatable bonds is 3. The summed E-state index contributed by atoms with van der Waals surface area (Å²) in [4.78, 5) is 5.39. The van der Waals surface area contributed by atoms with E-state index < -0.39 is 0 Å². The second kappa shape index (κ2) is 3.89. The Morgan fingerprint density at radius 1 is 1.69 bits per heavy atom. The van der Waals surface area contributed by atoms with Crippen LogP contribution in [0.5, 0.6) is 0 Å². The van der Waals surface area contributed by atoms with Gasteiger partial charge >= 0.3 is 0 Å². The fourth-order valence-electron chi connectivity index (χ4n) is 1.12. The first-order valence-electron chi connectivity index (χ1n) is 4.42. The van der Waals surface area contributed by atoms with Crippen molar-refractivity contribution in [2.24, 2.45) is 5.41 Å². The molecule has 0 saturated heterocycles. The molecule has 1 aromatic rings. The van der Waals surface area contributed by atoms with Gasteiger partial charge in [0.15, 0.2) is 0 Å². The number of aromatic nitrogens is 1. The van der Waals surface area contributed by atoms with Gasteiger partial charge in [-0.1, -0.05) is 6.92 Å². The van der Waals surface area contributed by atoms with Crippen LogP contribution in [0, 0.1) is 23.7 Å². The van der Waals surface area contributed by atoms with Crippen molar-refractivity contribution in [3.8, 4) is 6.07 Å². The maximum atomic E-state index is 8.99. The van der Waals surface area contributed by atoms with E-state index in [9.17, 15) is 0 Å². The summed E-state index contributed by atoms with van der Waals surface area (Å²) in [5.41, 5.74) is -0.223. The molecule has 0 N–H and O–H groups in total. The van der Waals surface area contributed by atoms with E-state index in [1.165, 1.54) is 4.88 Å². The van der Waals surface area contributed by atoms with Gasteiger partial charge in [-0.25, -0.2) is 4.98 Å². The van der Waals surface area contributed by atoms with Crippen LogP contribution >= 0.6 is 11.3 Å². The lowest BCUT2D eigenvalue weighted by Gasteiger charge is -2.17. The second-order valence-corrected chi connectivity index (χ2v) is 4.87. The molecule has 0 bridgehead atoms. The summed E-state index contributed by atoms with van der Waals surface area (Å²) in [6.07, 6.45) is 3.59. The monoisotopic (exact) mass is 194 g/mol. The lowest BCUT2D eigenvalue weighted by molar-refractivity contribution is 0.426. The molecule has 1 heterocycles. The van der Waals surface area contributed by atoms with E-state index in [4.69, 9.17) is 5.26 Å². The van der Waals surface area contributed by atoms with Crippen LogP contribution in [0.3, 0.4) is 0 Å². The quantitative estimate of drug-likeness (QED) is 0.741. The maximum Gasteiger partial charge on any atom is 0.0896 e. The third-order valence-electron chi connectivity index (χ3n) is 2.28. The van der Waals surface area contributed by atoms with Gasteiger partial charge in [0.1, 0.15) is 0 Å². The molecule has 1 rings (SSSR count). The van der Waals surface area contributed by atoms with Gasteiger partial charge in [-0.15, -0.1) is 11.3 Å². The van der Waals surface area contributed by atoms with Gasteiger partial charge in [-0.3, -0.25) is 0 Å². The molecule has 1 atom stereocenters. The van der Waals surface area contributed by atoms with E-state index >= 15 is 0 Å². The van der Waals surface area contributed by atoms with Crippen LogP contribution in [0.15, 0.2) is 6.20 Å². The Kier molecular flexibility index (Phi) is 3.05. The number of nitriles is 1. The summed E-state index contributed by atoms with van der Waals surface area (Å²) in [6, 6.07) is 2.36. The predicted octanol–water partition coefficient (Wildman–Crippen LogP) is 2.93. The zero-order chi connectivity index (χ0) is 9.90. The Morgan fingerprint density at radius 3 is 2.77 bits per heavy atom. The Morgan fingerprint density at radius 2 is 2.38 bits per heavy atom. The van der Waals surface area contributed by atoms with Crippen molar-refractivity contribution < 1.29 is 0 Å². The summed E-state index contributed by atoms with van der Waals surface area (Å²) in [5, 5.41) is 10.1. The second-order valence-electron chi connectivity index (χ2n) is 3.55. The predicted molar refractivity (Wildman–Crippen MR) is 54.6 cm³/mol. The van der Waals surface area contributed by atoms with Crippen LogP contribution in [0.25, 0.3) is 0 Å². The molecule has 0 aromatic carbocycles. The molecule has 70 valence electrons. The summed E-state index contributed by atoms with van der Waals surface area (Å²) in [6.45, 7) is 6.04. The zero-order valence-electron chi connectivity index (χ0n) is 8.29. The molecule has 0 fully saturated rings. The van der Waals surface area contributed by atoms with Crippen LogP contribution in [-0.2, 0) is 6.42 Å². The van der Waals surface area contributed by atoms with Crippen LogP contribution in [0.4, 0.5) is 0 Å². The fourth-order valence-corrected chi connectivity index (χ4v) is 2.10. The molecule has 0 radical (unpaired) electrons.